The summed E-state index contributed by atoms with van der Waals surface area (Å²) in [6.07, 6.45) is 1.52. The zero-order valence-corrected chi connectivity index (χ0v) is 15.4. The van der Waals surface area contributed by atoms with Crippen molar-refractivity contribution in [2.45, 2.75) is 13.8 Å². The molecule has 0 saturated carbocycles. The van der Waals surface area contributed by atoms with E-state index in [1.807, 2.05) is 14.7 Å². The van der Waals surface area contributed by atoms with Gasteiger partial charge in [0.15, 0.2) is 0 Å². The van der Waals surface area contributed by atoms with E-state index in [9.17, 15) is 14.4 Å². The molecule has 26 heavy (non-hydrogen) atoms. The minimum atomic E-state index is -0.180. The number of hydrogen-bond donors (Lipinski definition) is 1. The van der Waals surface area contributed by atoms with E-state index in [1.165, 1.54) is 6.08 Å². The number of ether oxygens (including phenoxy) is 1. The van der Waals surface area contributed by atoms with E-state index in [-0.39, 0.29) is 23.5 Å². The van der Waals surface area contributed by atoms with Crippen molar-refractivity contribution in [3.63, 3.8) is 0 Å². The Kier molecular flexibility index (Phi) is 5.31. The fourth-order valence-corrected chi connectivity index (χ4v) is 2.60. The maximum Gasteiger partial charge on any atom is 0.308 e. The van der Waals surface area contributed by atoms with E-state index < -0.39 is 0 Å². The van der Waals surface area contributed by atoms with E-state index in [2.05, 4.69) is 4.74 Å². The molecule has 0 unspecified atom stereocenters. The van der Waals surface area contributed by atoms with Crippen LogP contribution in [-0.4, -0.2) is 84.7 Å². The second kappa shape index (κ2) is 7.49. The molecule has 0 bridgehead atoms. The molecular weight excluding hydrogens is 336 g/mol. The summed E-state index contributed by atoms with van der Waals surface area (Å²) in [5.74, 6) is -0.176. The third-order valence-corrected chi connectivity index (χ3v) is 4.32. The van der Waals surface area contributed by atoms with E-state index >= 15 is 0 Å². The van der Waals surface area contributed by atoms with Gasteiger partial charge in [-0.1, -0.05) is 13.8 Å². The largest absolute Gasteiger partial charge is 0.464 e. The number of allylic oxidation sites excluding steroid dienone is 1. The van der Waals surface area contributed by atoms with Crippen LogP contribution >= 0.6 is 0 Å². The molecule has 3 heterocycles. The molecule has 8 nitrogen and oxygen atoms in total. The number of ketones is 2. The Morgan fingerprint density at radius 3 is 2.04 bits per heavy atom. The van der Waals surface area contributed by atoms with Crippen molar-refractivity contribution in [3.8, 4) is 0 Å². The third-order valence-electron chi connectivity index (χ3n) is 4.32. The van der Waals surface area contributed by atoms with Gasteiger partial charge in [-0.3, -0.25) is 14.4 Å². The summed E-state index contributed by atoms with van der Waals surface area (Å²) in [6, 6.07) is 0. The highest BCUT2D eigenvalue weighted by Crippen LogP contribution is 2.33. The summed E-state index contributed by atoms with van der Waals surface area (Å²) >= 11 is 0. The number of carbonyl (C=O) groups is 3. The van der Waals surface area contributed by atoms with Crippen molar-refractivity contribution in [3.05, 3.63) is 23.2 Å². The number of Topliss-reactive ketones (excluding diaryl/α,β-unsaturated/α-hetero) is 1. The van der Waals surface area contributed by atoms with Crippen molar-refractivity contribution >= 4 is 17.5 Å². The number of carbonyl (C=O) groups excluding carboxylic acids is 3. The van der Waals surface area contributed by atoms with Crippen molar-refractivity contribution in [1.29, 1.82) is 0 Å². The van der Waals surface area contributed by atoms with Crippen LogP contribution in [0.1, 0.15) is 13.8 Å². The lowest BCUT2D eigenvalue weighted by Gasteiger charge is -2.21. The van der Waals surface area contributed by atoms with Gasteiger partial charge in [-0.15, -0.1) is 0 Å². The molecule has 2 N–H and O–H groups in total. The van der Waals surface area contributed by atoms with Crippen LogP contribution in [0.3, 0.4) is 0 Å². The van der Waals surface area contributed by atoms with Gasteiger partial charge in [0, 0.05) is 51.9 Å². The van der Waals surface area contributed by atoms with Crippen LogP contribution in [0.15, 0.2) is 23.2 Å². The van der Waals surface area contributed by atoms with E-state index in [0.717, 1.165) is 39.3 Å². The normalized spacial score (nSPS) is 20.8. The molecular formula is C18H26N4O4. The highest BCUT2D eigenvalue weighted by atomic mass is 16.5. The van der Waals surface area contributed by atoms with E-state index in [4.69, 9.17) is 5.73 Å². The predicted octanol–water partition coefficient (Wildman–Crippen LogP) is -0.675. The smallest absolute Gasteiger partial charge is 0.308 e. The fraction of sp³-hybridized carbons (Fsp3) is 0.611. The average molecular weight is 362 g/mol. The molecule has 3 aliphatic heterocycles. The van der Waals surface area contributed by atoms with Crippen LogP contribution in [0, 0.1) is 5.92 Å². The molecule has 0 amide bonds. The Hall–Kier alpha value is -2.35. The van der Waals surface area contributed by atoms with Gasteiger partial charge < -0.3 is 25.2 Å². The van der Waals surface area contributed by atoms with Gasteiger partial charge >= 0.3 is 5.97 Å². The van der Waals surface area contributed by atoms with Crippen LogP contribution in [0.4, 0.5) is 0 Å². The Labute approximate surface area is 153 Å². The molecule has 1 aliphatic carbocycles. The van der Waals surface area contributed by atoms with Crippen LogP contribution in [-0.2, 0) is 19.1 Å². The van der Waals surface area contributed by atoms with Gasteiger partial charge in [-0.2, -0.15) is 0 Å². The third kappa shape index (κ3) is 4.24. The predicted molar refractivity (Wildman–Crippen MR) is 94.7 cm³/mol. The number of nitrogens with zero attached hydrogens (tertiary/aromatic N) is 3. The first-order valence-electron chi connectivity index (χ1n) is 9.10. The molecule has 0 atom stereocenters. The van der Waals surface area contributed by atoms with Gasteiger partial charge in [0.25, 0.3) is 0 Å². The lowest BCUT2D eigenvalue weighted by atomic mass is 10.0. The molecule has 3 saturated heterocycles. The zero-order valence-electron chi connectivity index (χ0n) is 15.4. The topological polar surface area (TPSA) is 95.5 Å². The van der Waals surface area contributed by atoms with E-state index in [1.54, 1.807) is 13.8 Å². The molecule has 4 rings (SSSR count). The van der Waals surface area contributed by atoms with Crippen molar-refractivity contribution in [2.24, 2.45) is 11.7 Å². The first-order chi connectivity index (χ1) is 12.4. The quantitative estimate of drug-likeness (QED) is 0.377. The Morgan fingerprint density at radius 1 is 1.04 bits per heavy atom. The first kappa shape index (κ1) is 18.4. The second-order valence-corrected chi connectivity index (χ2v) is 6.99. The standard InChI is InChI=1S/C12H13N3O2.C6H13NO2/c16-9-7-8(13-1-2-13)12(17)11(15-5-6-15)10(9)14-3-4-14;1-5(2)6(8)9-4-3-7/h7H,1-6H2;5H,3-4,7H2,1-2H3. The summed E-state index contributed by atoms with van der Waals surface area (Å²) in [7, 11) is 0. The van der Waals surface area contributed by atoms with Gasteiger partial charge in [0.1, 0.15) is 18.0 Å². The van der Waals surface area contributed by atoms with Crippen molar-refractivity contribution in [2.75, 3.05) is 52.4 Å². The maximum atomic E-state index is 12.4. The molecule has 4 aliphatic rings. The SMILES string of the molecule is CC(C)C(=O)OCCN.O=C1C=C(N2CC2)C(=O)C(N2CC2)=C1N1CC1. The van der Waals surface area contributed by atoms with Gasteiger partial charge in [0.2, 0.25) is 11.6 Å². The Morgan fingerprint density at radius 2 is 1.58 bits per heavy atom. The fourth-order valence-electron chi connectivity index (χ4n) is 2.60. The zero-order chi connectivity index (χ0) is 18.8. The number of hydrogen-bond acceptors (Lipinski definition) is 8. The van der Waals surface area contributed by atoms with Crippen LogP contribution in [0.25, 0.3) is 0 Å². The number of esters is 1. The Bertz CT molecular complexity index is 671. The van der Waals surface area contributed by atoms with Gasteiger partial charge in [0.05, 0.1) is 11.6 Å². The van der Waals surface area contributed by atoms with Crippen LogP contribution in [0.2, 0.25) is 0 Å². The summed E-state index contributed by atoms with van der Waals surface area (Å²) in [5.41, 5.74) is 6.99. The Balaban J connectivity index is 0.000000188. The van der Waals surface area contributed by atoms with Crippen LogP contribution in [0.5, 0.6) is 0 Å². The van der Waals surface area contributed by atoms with Crippen LogP contribution < -0.4 is 5.73 Å². The summed E-state index contributed by atoms with van der Waals surface area (Å²) in [5, 5.41) is 0. The van der Waals surface area contributed by atoms with Crippen molar-refractivity contribution < 1.29 is 19.1 Å². The monoisotopic (exact) mass is 362 g/mol. The molecule has 0 aromatic rings. The minimum absolute atomic E-state index is 0.00546. The second-order valence-electron chi connectivity index (χ2n) is 6.99. The number of rotatable bonds is 6. The minimum Gasteiger partial charge on any atom is -0.464 e. The summed E-state index contributed by atoms with van der Waals surface area (Å²) in [6.45, 7) is 9.72. The maximum absolute atomic E-state index is 12.4. The lowest BCUT2D eigenvalue weighted by Crippen LogP contribution is -2.29. The molecule has 8 heteroatoms. The summed E-state index contributed by atoms with van der Waals surface area (Å²) < 4.78 is 4.69. The molecule has 0 radical (unpaired) electrons. The average Bonchev–Trinajstić information content (AvgIpc) is 3.48. The first-order valence-corrected chi connectivity index (χ1v) is 9.10. The van der Waals surface area contributed by atoms with Crippen molar-refractivity contribution in [1.82, 2.24) is 14.7 Å². The molecule has 3 fully saturated rings. The molecule has 0 spiro atoms. The molecule has 142 valence electrons. The van der Waals surface area contributed by atoms with Gasteiger partial charge in [-0.25, -0.2) is 0 Å². The highest BCUT2D eigenvalue weighted by molar-refractivity contribution is 6.22. The van der Waals surface area contributed by atoms with Gasteiger partial charge in [-0.05, 0) is 0 Å². The van der Waals surface area contributed by atoms with E-state index in [0.29, 0.717) is 30.2 Å². The molecule has 0 aromatic carbocycles. The molecule has 0 aromatic heterocycles. The lowest BCUT2D eigenvalue weighted by molar-refractivity contribution is -0.147. The highest BCUT2D eigenvalue weighted by Gasteiger charge is 2.43. The summed E-state index contributed by atoms with van der Waals surface area (Å²) in [4.78, 5) is 41.1. The number of nitrogens with two attached hydrogens (primary N) is 1.